The summed E-state index contributed by atoms with van der Waals surface area (Å²) >= 11 is 0. The monoisotopic (exact) mass is 257 g/mol. The van der Waals surface area contributed by atoms with Gasteiger partial charge in [-0.2, -0.15) is 0 Å². The number of allylic oxidation sites excluding steroid dienone is 2. The van der Waals surface area contributed by atoms with Gasteiger partial charge in [-0.1, -0.05) is 19.1 Å². The summed E-state index contributed by atoms with van der Waals surface area (Å²) in [6, 6.07) is 6.75. The molecule has 1 aromatic carbocycles. The Balaban J connectivity index is 1.89. The minimum Gasteiger partial charge on any atom is -0.492 e. The van der Waals surface area contributed by atoms with Crippen molar-refractivity contribution in [1.29, 1.82) is 0 Å². The first kappa shape index (κ1) is 12.7. The maximum Gasteiger partial charge on any atom is 0.123 e. The summed E-state index contributed by atoms with van der Waals surface area (Å²) in [7, 11) is 0. The van der Waals surface area contributed by atoms with Crippen LogP contribution in [0.4, 0.5) is 0 Å². The van der Waals surface area contributed by atoms with Gasteiger partial charge in [-0.15, -0.1) is 0 Å². The summed E-state index contributed by atoms with van der Waals surface area (Å²) in [5.41, 5.74) is 4.28. The summed E-state index contributed by atoms with van der Waals surface area (Å²) in [6.07, 6.45) is 7.57. The molecule has 102 valence electrons. The van der Waals surface area contributed by atoms with E-state index in [1.807, 2.05) is 0 Å². The highest BCUT2D eigenvalue weighted by atomic mass is 16.5. The average Bonchev–Trinajstić information content (AvgIpc) is 2.69. The fraction of sp³-hybridized carbons (Fsp3) is 0.529. The van der Waals surface area contributed by atoms with E-state index in [1.54, 1.807) is 0 Å². The quantitative estimate of drug-likeness (QED) is 0.797. The Hall–Kier alpha value is -1.28. The minimum atomic E-state index is 0.808. The van der Waals surface area contributed by atoms with Crippen molar-refractivity contribution in [2.24, 2.45) is 0 Å². The third-order valence-electron chi connectivity index (χ3n) is 4.23. The van der Waals surface area contributed by atoms with Gasteiger partial charge in [0.2, 0.25) is 0 Å². The molecule has 1 aromatic rings. The number of nitrogens with zero attached hydrogens (tertiary/aromatic N) is 1. The lowest BCUT2D eigenvalue weighted by atomic mass is 9.92. The molecule has 19 heavy (non-hydrogen) atoms. The molecule has 2 heteroatoms. The first-order valence-electron chi connectivity index (χ1n) is 7.54. The van der Waals surface area contributed by atoms with Crippen molar-refractivity contribution < 1.29 is 4.74 Å². The lowest BCUT2D eigenvalue weighted by Crippen LogP contribution is -2.25. The summed E-state index contributed by atoms with van der Waals surface area (Å²) in [5, 5.41) is 0. The van der Waals surface area contributed by atoms with Crippen LogP contribution in [-0.4, -0.2) is 24.6 Å². The Morgan fingerprint density at radius 2 is 2.21 bits per heavy atom. The van der Waals surface area contributed by atoms with E-state index in [2.05, 4.69) is 36.1 Å². The molecule has 1 aliphatic heterocycles. The second-order valence-electron chi connectivity index (χ2n) is 5.51. The predicted molar refractivity (Wildman–Crippen MR) is 79.3 cm³/mol. The maximum atomic E-state index is 5.86. The van der Waals surface area contributed by atoms with Crippen LogP contribution in [0, 0.1) is 0 Å². The Bertz CT molecular complexity index is 478. The molecule has 0 atom stereocenters. The predicted octanol–water partition coefficient (Wildman–Crippen LogP) is 3.86. The molecule has 3 rings (SSSR count). The van der Waals surface area contributed by atoms with Gasteiger partial charge >= 0.3 is 0 Å². The molecule has 0 bridgehead atoms. The second kappa shape index (κ2) is 5.79. The van der Waals surface area contributed by atoms with Crippen LogP contribution in [0.5, 0.6) is 5.75 Å². The van der Waals surface area contributed by atoms with Crippen molar-refractivity contribution in [3.8, 4) is 5.75 Å². The first-order valence-corrected chi connectivity index (χ1v) is 7.54. The molecule has 2 aliphatic rings. The number of fused-ring (bicyclic) bond motifs is 1. The molecule has 0 aromatic heterocycles. The number of rotatable bonds is 2. The van der Waals surface area contributed by atoms with E-state index in [0.29, 0.717) is 0 Å². The van der Waals surface area contributed by atoms with Crippen molar-refractivity contribution in [1.82, 2.24) is 4.90 Å². The van der Waals surface area contributed by atoms with Crippen molar-refractivity contribution in [3.05, 3.63) is 35.4 Å². The van der Waals surface area contributed by atoms with Crippen LogP contribution in [0.2, 0.25) is 0 Å². The van der Waals surface area contributed by atoms with Crippen LogP contribution < -0.4 is 4.74 Å². The molecule has 0 N–H and O–H groups in total. The lowest BCUT2D eigenvalue weighted by molar-refractivity contribution is 0.234. The third kappa shape index (κ3) is 2.84. The smallest absolute Gasteiger partial charge is 0.123 e. The lowest BCUT2D eigenvalue weighted by Gasteiger charge is -2.18. The van der Waals surface area contributed by atoms with Crippen molar-refractivity contribution >= 4 is 5.57 Å². The number of ether oxygens (including phenoxy) is 1. The van der Waals surface area contributed by atoms with Crippen LogP contribution in [-0.2, 0) is 6.54 Å². The summed E-state index contributed by atoms with van der Waals surface area (Å²) in [5.74, 6) is 1.08. The molecule has 2 nitrogen and oxygen atoms in total. The molecule has 0 amide bonds. The van der Waals surface area contributed by atoms with Gasteiger partial charge in [0.1, 0.15) is 12.4 Å². The maximum absolute atomic E-state index is 5.86. The standard InChI is InChI=1S/C17H23NO/c1-2-18-10-11-19-17-9-8-15(12-16(17)13-18)14-6-4-3-5-7-14/h6,8-9,12H,2-5,7,10-11,13H2,1H3. The Morgan fingerprint density at radius 3 is 3.00 bits per heavy atom. The van der Waals surface area contributed by atoms with E-state index in [1.165, 1.54) is 42.4 Å². The van der Waals surface area contributed by atoms with Crippen LogP contribution in [0.3, 0.4) is 0 Å². The molecular weight excluding hydrogens is 234 g/mol. The molecule has 0 saturated carbocycles. The van der Waals surface area contributed by atoms with E-state index in [0.717, 1.165) is 32.0 Å². The summed E-state index contributed by atoms with van der Waals surface area (Å²) in [6.45, 7) is 6.17. The van der Waals surface area contributed by atoms with Crippen LogP contribution in [0.15, 0.2) is 24.3 Å². The topological polar surface area (TPSA) is 12.5 Å². The highest BCUT2D eigenvalue weighted by molar-refractivity contribution is 5.67. The summed E-state index contributed by atoms with van der Waals surface area (Å²) in [4.78, 5) is 2.45. The van der Waals surface area contributed by atoms with Gasteiger partial charge in [0, 0.05) is 18.7 Å². The number of likely N-dealkylation sites (N-methyl/N-ethyl adjacent to an activating group) is 1. The van der Waals surface area contributed by atoms with E-state index < -0.39 is 0 Å². The third-order valence-corrected chi connectivity index (χ3v) is 4.23. The number of benzene rings is 1. The van der Waals surface area contributed by atoms with Crippen LogP contribution >= 0.6 is 0 Å². The van der Waals surface area contributed by atoms with Crippen molar-refractivity contribution in [2.45, 2.75) is 39.2 Å². The SMILES string of the molecule is CCN1CCOc2ccc(C3=CCCCC3)cc2C1. The fourth-order valence-corrected chi connectivity index (χ4v) is 3.02. The zero-order valence-electron chi connectivity index (χ0n) is 11.8. The molecule has 0 unspecified atom stereocenters. The van der Waals surface area contributed by atoms with E-state index in [9.17, 15) is 0 Å². The Kier molecular flexibility index (Phi) is 3.88. The van der Waals surface area contributed by atoms with Crippen molar-refractivity contribution in [2.75, 3.05) is 19.7 Å². The fourth-order valence-electron chi connectivity index (χ4n) is 3.02. The Morgan fingerprint density at radius 1 is 1.26 bits per heavy atom. The van der Waals surface area contributed by atoms with Gasteiger partial charge < -0.3 is 4.74 Å². The van der Waals surface area contributed by atoms with Gasteiger partial charge in [0.05, 0.1) is 0 Å². The zero-order valence-corrected chi connectivity index (χ0v) is 11.8. The molecule has 0 saturated heterocycles. The normalized spacial score (nSPS) is 20.2. The van der Waals surface area contributed by atoms with Gasteiger partial charge in [-0.25, -0.2) is 0 Å². The van der Waals surface area contributed by atoms with Gasteiger partial charge in [-0.05, 0) is 55.5 Å². The minimum absolute atomic E-state index is 0.808. The van der Waals surface area contributed by atoms with Gasteiger partial charge in [0.25, 0.3) is 0 Å². The highest BCUT2D eigenvalue weighted by Crippen LogP contribution is 2.31. The second-order valence-corrected chi connectivity index (χ2v) is 5.51. The van der Waals surface area contributed by atoms with E-state index in [-0.39, 0.29) is 0 Å². The molecule has 0 radical (unpaired) electrons. The van der Waals surface area contributed by atoms with Gasteiger partial charge in [-0.3, -0.25) is 4.90 Å². The molecule has 0 spiro atoms. The molecule has 0 fully saturated rings. The first-order chi connectivity index (χ1) is 9.36. The molecule has 1 heterocycles. The Labute approximate surface area is 116 Å². The average molecular weight is 257 g/mol. The van der Waals surface area contributed by atoms with Crippen LogP contribution in [0.25, 0.3) is 5.57 Å². The molecule has 1 aliphatic carbocycles. The number of hydrogen-bond acceptors (Lipinski definition) is 2. The van der Waals surface area contributed by atoms with E-state index in [4.69, 9.17) is 4.74 Å². The largest absolute Gasteiger partial charge is 0.492 e. The number of hydrogen-bond donors (Lipinski definition) is 0. The van der Waals surface area contributed by atoms with Crippen LogP contribution in [0.1, 0.15) is 43.7 Å². The van der Waals surface area contributed by atoms with E-state index >= 15 is 0 Å². The van der Waals surface area contributed by atoms with Gasteiger partial charge in [0.15, 0.2) is 0 Å². The zero-order chi connectivity index (χ0) is 13.1. The summed E-state index contributed by atoms with van der Waals surface area (Å²) < 4.78 is 5.86. The molecular formula is C17H23NO. The van der Waals surface area contributed by atoms with Crippen molar-refractivity contribution in [3.63, 3.8) is 0 Å². The highest BCUT2D eigenvalue weighted by Gasteiger charge is 2.15.